The minimum Gasteiger partial charge on any atom is -0.496 e. The van der Waals surface area contributed by atoms with Gasteiger partial charge in [-0.25, -0.2) is 8.42 Å². The number of ether oxygens (including phenoxy) is 1. The van der Waals surface area contributed by atoms with E-state index in [1.165, 1.54) is 19.3 Å². The lowest BCUT2D eigenvalue weighted by molar-refractivity contribution is 0.294. The molecule has 2 atom stereocenters. The molecule has 0 unspecified atom stereocenters. The van der Waals surface area contributed by atoms with E-state index in [1.807, 2.05) is 37.3 Å². The molecule has 3 N–H and O–H groups in total. The molecule has 1 heterocycles. The topological polar surface area (TPSA) is 113 Å². The van der Waals surface area contributed by atoms with Crippen LogP contribution in [0.3, 0.4) is 0 Å². The molecule has 2 aromatic carbocycles. The van der Waals surface area contributed by atoms with Gasteiger partial charge in [-0.1, -0.05) is 57.0 Å². The Hall–Kier alpha value is -1.96. The molecular weight excluding hydrogens is 461 g/mol. The number of benzene rings is 2. The number of unbranched alkanes of at least 4 members (excludes halogenated alkanes) is 1. The lowest BCUT2D eigenvalue weighted by atomic mass is 9.88. The second-order valence-electron chi connectivity index (χ2n) is 8.52. The van der Waals surface area contributed by atoms with E-state index in [9.17, 15) is 22.8 Å². The highest BCUT2D eigenvalue weighted by molar-refractivity contribution is 7.91. The summed E-state index contributed by atoms with van der Waals surface area (Å²) in [5, 5.41) is 3.69. The smallest absolute Gasteiger partial charge is 0.349 e. The summed E-state index contributed by atoms with van der Waals surface area (Å²) in [6, 6.07) is 12.4. The highest BCUT2D eigenvalue weighted by Crippen LogP contribution is 2.42. The Bertz CT molecular complexity index is 1160. The van der Waals surface area contributed by atoms with Gasteiger partial charge >= 0.3 is 7.60 Å². The van der Waals surface area contributed by atoms with Crippen LogP contribution < -0.4 is 10.1 Å². The summed E-state index contributed by atoms with van der Waals surface area (Å²) in [6.07, 6.45) is 4.44. The maximum atomic E-state index is 13.7. The molecule has 0 aromatic heterocycles. The molecule has 33 heavy (non-hydrogen) atoms. The first kappa shape index (κ1) is 25.7. The molecule has 0 aliphatic carbocycles. The van der Waals surface area contributed by atoms with Crippen LogP contribution in [0.2, 0.25) is 0 Å². The predicted octanol–water partition coefficient (Wildman–Crippen LogP) is 4.65. The van der Waals surface area contributed by atoms with Gasteiger partial charge in [-0.05, 0) is 42.2 Å². The van der Waals surface area contributed by atoms with E-state index < -0.39 is 23.0 Å². The Balaban J connectivity index is 2.28. The van der Waals surface area contributed by atoms with E-state index in [0.717, 1.165) is 30.6 Å². The van der Waals surface area contributed by atoms with Gasteiger partial charge in [0, 0.05) is 16.9 Å². The van der Waals surface area contributed by atoms with E-state index in [1.54, 1.807) is 6.07 Å². The van der Waals surface area contributed by atoms with Crippen LogP contribution in [0.15, 0.2) is 53.2 Å². The predicted molar refractivity (Wildman–Crippen MR) is 130 cm³/mol. The summed E-state index contributed by atoms with van der Waals surface area (Å²) in [6.45, 7) is 4.09. The van der Waals surface area contributed by atoms with Gasteiger partial charge in [-0.2, -0.15) is 0 Å². The Kier molecular flexibility index (Phi) is 7.87. The monoisotopic (exact) mass is 493 g/mol. The van der Waals surface area contributed by atoms with Crippen molar-refractivity contribution >= 4 is 23.5 Å². The molecule has 180 valence electrons. The molecule has 0 spiro atoms. The van der Waals surface area contributed by atoms with Crippen LogP contribution in [0.5, 0.6) is 5.75 Å². The summed E-state index contributed by atoms with van der Waals surface area (Å²) in [5.74, 6) is 1.04. The molecule has 0 radical (unpaired) electrons. The van der Waals surface area contributed by atoms with Gasteiger partial charge < -0.3 is 14.5 Å². The molecule has 0 bridgehead atoms. The van der Waals surface area contributed by atoms with Crippen molar-refractivity contribution in [2.24, 2.45) is 0 Å². The highest BCUT2D eigenvalue weighted by atomic mass is 32.2. The molecule has 0 saturated carbocycles. The molecule has 2 aromatic rings. The van der Waals surface area contributed by atoms with Crippen molar-refractivity contribution in [1.82, 2.24) is 5.32 Å². The molecule has 1 aliphatic rings. The summed E-state index contributed by atoms with van der Waals surface area (Å²) >= 11 is 0. The largest absolute Gasteiger partial charge is 0.496 e. The lowest BCUT2D eigenvalue weighted by Gasteiger charge is -2.36. The Morgan fingerprint density at radius 2 is 1.91 bits per heavy atom. The summed E-state index contributed by atoms with van der Waals surface area (Å²) in [4.78, 5) is 18.7. The third kappa shape index (κ3) is 5.94. The summed E-state index contributed by atoms with van der Waals surface area (Å²) < 4.78 is 44.3. The molecule has 0 fully saturated rings. The van der Waals surface area contributed by atoms with Gasteiger partial charge in [0.15, 0.2) is 9.84 Å². The van der Waals surface area contributed by atoms with Gasteiger partial charge in [0.05, 0.1) is 23.8 Å². The van der Waals surface area contributed by atoms with Crippen LogP contribution in [0.4, 0.5) is 0 Å². The van der Waals surface area contributed by atoms with Crippen molar-refractivity contribution in [2.75, 3.05) is 12.9 Å². The van der Waals surface area contributed by atoms with Crippen molar-refractivity contribution in [1.29, 1.82) is 0 Å². The van der Waals surface area contributed by atoms with Crippen molar-refractivity contribution < 1.29 is 27.5 Å². The summed E-state index contributed by atoms with van der Waals surface area (Å²) in [5.41, 5.74) is 1.19. The van der Waals surface area contributed by atoms with Gasteiger partial charge in [0.2, 0.25) is 0 Å². The molecule has 3 rings (SSSR count). The molecule has 0 amide bonds. The first-order valence-corrected chi connectivity index (χ1v) is 14.4. The number of fused-ring (bicyclic) bond motifs is 1. The van der Waals surface area contributed by atoms with Crippen molar-refractivity contribution in [3.63, 3.8) is 0 Å². The van der Waals surface area contributed by atoms with Crippen LogP contribution in [0.1, 0.15) is 62.3 Å². The van der Waals surface area contributed by atoms with Crippen LogP contribution >= 0.6 is 7.60 Å². The number of hydrogen-bond acceptors (Lipinski definition) is 5. The molecular formula is C24H32NO6PS. The zero-order valence-corrected chi connectivity index (χ0v) is 20.9. The van der Waals surface area contributed by atoms with E-state index in [0.29, 0.717) is 23.3 Å². The zero-order valence-electron chi connectivity index (χ0n) is 19.2. The minimum atomic E-state index is -4.43. The van der Waals surface area contributed by atoms with Crippen LogP contribution in [-0.4, -0.2) is 36.6 Å². The van der Waals surface area contributed by atoms with Crippen LogP contribution in [0, 0.1) is 0 Å². The summed E-state index contributed by atoms with van der Waals surface area (Å²) in [7, 11) is -6.69. The van der Waals surface area contributed by atoms with Gasteiger partial charge in [0.25, 0.3) is 0 Å². The number of methoxy groups -OCH3 is 1. The van der Waals surface area contributed by atoms with E-state index in [-0.39, 0.29) is 16.7 Å². The normalized spacial score (nSPS) is 22.6. The first-order valence-electron chi connectivity index (χ1n) is 11.1. The number of sulfone groups is 1. The van der Waals surface area contributed by atoms with Crippen LogP contribution in [-0.2, 0) is 14.4 Å². The molecule has 0 saturated heterocycles. The zero-order chi connectivity index (χ0) is 24.3. The third-order valence-electron chi connectivity index (χ3n) is 6.19. The fourth-order valence-corrected chi connectivity index (χ4v) is 6.90. The van der Waals surface area contributed by atoms with E-state index in [4.69, 9.17) is 4.74 Å². The van der Waals surface area contributed by atoms with Gasteiger partial charge in [-0.15, -0.1) is 0 Å². The van der Waals surface area contributed by atoms with E-state index >= 15 is 0 Å². The minimum absolute atomic E-state index is 0.0548. The Morgan fingerprint density at radius 1 is 1.21 bits per heavy atom. The van der Waals surface area contributed by atoms with Crippen molar-refractivity contribution in [3.8, 4) is 5.75 Å². The average Bonchev–Trinajstić information content (AvgIpc) is 2.88. The Morgan fingerprint density at radius 3 is 2.48 bits per heavy atom. The quantitative estimate of drug-likeness (QED) is 0.459. The van der Waals surface area contributed by atoms with Gasteiger partial charge in [-0.3, -0.25) is 9.88 Å². The SMILES string of the molecule is CCCC[C@]1(CC)CS(=O)(=O)c2cc(/C=C/P(=O)(O)O)c(OC)cc2[C@@H](c2ccccc2)N1. The lowest BCUT2D eigenvalue weighted by Crippen LogP contribution is -2.50. The highest BCUT2D eigenvalue weighted by Gasteiger charge is 2.42. The second kappa shape index (κ2) is 10.1. The molecule has 9 heteroatoms. The van der Waals surface area contributed by atoms with Crippen molar-refractivity contribution in [2.45, 2.75) is 56.0 Å². The maximum absolute atomic E-state index is 13.7. The average molecular weight is 494 g/mol. The van der Waals surface area contributed by atoms with Gasteiger partial charge in [0.1, 0.15) is 5.75 Å². The van der Waals surface area contributed by atoms with Crippen LogP contribution in [0.25, 0.3) is 6.08 Å². The number of nitrogens with one attached hydrogen (secondary N) is 1. The Labute approximate surface area is 196 Å². The maximum Gasteiger partial charge on any atom is 0.349 e. The van der Waals surface area contributed by atoms with Crippen molar-refractivity contribution in [3.05, 3.63) is 65.0 Å². The van der Waals surface area contributed by atoms with E-state index in [2.05, 4.69) is 12.2 Å². The fraction of sp³-hybridized carbons (Fsp3) is 0.417. The standard InChI is InChI=1S/C24H32NO6PS/c1-4-6-13-24(5-2)17-33(29,30)22-15-19(12-14-32(26,27)28)21(31-3)16-20(22)23(25-24)18-10-8-7-9-11-18/h7-12,14-16,23,25H,4-6,13,17H2,1-3H3,(H2,26,27,28)/b14-12+/t23-,24-/m1/s1. The second-order valence-corrected chi connectivity index (χ2v) is 12.0. The molecule has 7 nitrogen and oxygen atoms in total. The number of rotatable bonds is 8. The fourth-order valence-electron chi connectivity index (χ4n) is 4.39. The third-order valence-corrected chi connectivity index (χ3v) is 8.69. The first-order chi connectivity index (χ1) is 15.5. The number of hydrogen-bond donors (Lipinski definition) is 3. The molecule has 1 aliphatic heterocycles.